The fourth-order valence-corrected chi connectivity index (χ4v) is 2.66. The van der Waals surface area contributed by atoms with E-state index in [2.05, 4.69) is 20.1 Å². The molecule has 0 unspecified atom stereocenters. The van der Waals surface area contributed by atoms with Crippen LogP contribution in [0.2, 0.25) is 0 Å². The van der Waals surface area contributed by atoms with Crippen LogP contribution in [-0.2, 0) is 0 Å². The summed E-state index contributed by atoms with van der Waals surface area (Å²) in [7, 11) is 1.56. The van der Waals surface area contributed by atoms with Crippen molar-refractivity contribution in [2.75, 3.05) is 7.11 Å². The summed E-state index contributed by atoms with van der Waals surface area (Å²) in [6.07, 6.45) is 3.09. The monoisotopic (exact) mass is 346 g/mol. The predicted molar refractivity (Wildman–Crippen MR) is 94.5 cm³/mol. The van der Waals surface area contributed by atoms with Crippen LogP contribution < -0.4 is 10.5 Å². The molecule has 8 heteroatoms. The average molecular weight is 346 g/mol. The highest BCUT2D eigenvalue weighted by atomic mass is 16.5. The maximum absolute atomic E-state index is 11.6. The molecule has 0 aliphatic rings. The zero-order chi connectivity index (χ0) is 18.1. The van der Waals surface area contributed by atoms with Crippen molar-refractivity contribution >= 4 is 11.6 Å². The van der Waals surface area contributed by atoms with E-state index in [1.165, 1.54) is 10.7 Å². The number of amides is 1. The maximum Gasteiger partial charge on any atom is 0.269 e. The van der Waals surface area contributed by atoms with Crippen LogP contribution in [0.3, 0.4) is 0 Å². The van der Waals surface area contributed by atoms with E-state index in [0.717, 1.165) is 5.56 Å². The molecule has 26 heavy (non-hydrogen) atoms. The van der Waals surface area contributed by atoms with Gasteiger partial charge in [-0.1, -0.05) is 6.07 Å². The molecule has 1 amide bonds. The van der Waals surface area contributed by atoms with Crippen LogP contribution in [0.5, 0.6) is 5.88 Å². The Labute approximate surface area is 148 Å². The van der Waals surface area contributed by atoms with Gasteiger partial charge in [0.15, 0.2) is 5.65 Å². The number of rotatable bonds is 4. The van der Waals surface area contributed by atoms with Gasteiger partial charge in [0.25, 0.3) is 5.91 Å². The lowest BCUT2D eigenvalue weighted by atomic mass is 10.1. The van der Waals surface area contributed by atoms with E-state index < -0.39 is 5.91 Å². The van der Waals surface area contributed by atoms with Gasteiger partial charge in [-0.25, -0.2) is 14.5 Å². The van der Waals surface area contributed by atoms with E-state index in [0.29, 0.717) is 28.6 Å². The molecule has 0 atom stereocenters. The minimum atomic E-state index is -0.594. The van der Waals surface area contributed by atoms with Gasteiger partial charge in [-0.05, 0) is 30.3 Å². The van der Waals surface area contributed by atoms with E-state index in [4.69, 9.17) is 10.5 Å². The molecule has 0 aromatic carbocycles. The fourth-order valence-electron chi connectivity index (χ4n) is 2.66. The van der Waals surface area contributed by atoms with E-state index >= 15 is 0 Å². The molecule has 4 aromatic rings. The van der Waals surface area contributed by atoms with Crippen LogP contribution in [0.15, 0.2) is 54.9 Å². The predicted octanol–water partition coefficient (Wildman–Crippen LogP) is 1.96. The van der Waals surface area contributed by atoms with Crippen LogP contribution in [0.4, 0.5) is 0 Å². The first-order chi connectivity index (χ1) is 12.7. The Kier molecular flexibility index (Phi) is 3.77. The molecular weight excluding hydrogens is 332 g/mol. The third kappa shape index (κ3) is 2.63. The molecule has 128 valence electrons. The highest BCUT2D eigenvalue weighted by Gasteiger charge is 2.15. The minimum absolute atomic E-state index is 0.215. The van der Waals surface area contributed by atoms with Crippen molar-refractivity contribution in [2.24, 2.45) is 5.73 Å². The molecule has 4 aromatic heterocycles. The number of nitrogens with zero attached hydrogens (tertiary/aromatic N) is 5. The summed E-state index contributed by atoms with van der Waals surface area (Å²) in [5, 5.41) is 4.51. The number of methoxy groups -OCH3 is 1. The summed E-state index contributed by atoms with van der Waals surface area (Å²) >= 11 is 0. The molecular formula is C18H14N6O2. The quantitative estimate of drug-likeness (QED) is 0.605. The zero-order valence-corrected chi connectivity index (χ0v) is 13.8. The van der Waals surface area contributed by atoms with Gasteiger partial charge in [-0.3, -0.25) is 9.78 Å². The van der Waals surface area contributed by atoms with Crippen molar-refractivity contribution in [1.82, 2.24) is 24.6 Å². The van der Waals surface area contributed by atoms with Crippen LogP contribution in [0, 0.1) is 0 Å². The Morgan fingerprint density at radius 1 is 1.08 bits per heavy atom. The molecule has 0 saturated carbocycles. The highest BCUT2D eigenvalue weighted by Crippen LogP contribution is 2.28. The largest absolute Gasteiger partial charge is 0.481 e. The second-order valence-corrected chi connectivity index (χ2v) is 5.46. The van der Waals surface area contributed by atoms with Crippen molar-refractivity contribution in [3.05, 3.63) is 60.6 Å². The zero-order valence-electron chi connectivity index (χ0n) is 13.8. The standard InChI is InChI=1S/C18H14N6O2/c1-26-16-6-2-5-13(22-16)17-11(4-3-9-20-17)12-7-8-15-21-10-14(18(19)25)24(15)23-12/h2-10H,1H3,(H2,19,25). The average Bonchev–Trinajstić information content (AvgIpc) is 3.11. The molecule has 4 rings (SSSR count). The van der Waals surface area contributed by atoms with Gasteiger partial charge in [-0.15, -0.1) is 0 Å². The Bertz CT molecular complexity index is 1120. The second-order valence-electron chi connectivity index (χ2n) is 5.46. The lowest BCUT2D eigenvalue weighted by Crippen LogP contribution is -2.15. The van der Waals surface area contributed by atoms with Crippen LogP contribution in [0.1, 0.15) is 10.5 Å². The van der Waals surface area contributed by atoms with E-state index in [-0.39, 0.29) is 5.69 Å². The lowest BCUT2D eigenvalue weighted by molar-refractivity contribution is 0.0993. The van der Waals surface area contributed by atoms with Crippen LogP contribution in [0.25, 0.3) is 28.3 Å². The number of hydrogen-bond acceptors (Lipinski definition) is 6. The minimum Gasteiger partial charge on any atom is -0.481 e. The van der Waals surface area contributed by atoms with Crippen LogP contribution in [-0.4, -0.2) is 37.6 Å². The van der Waals surface area contributed by atoms with Gasteiger partial charge < -0.3 is 10.5 Å². The van der Waals surface area contributed by atoms with Crippen molar-refractivity contribution in [3.63, 3.8) is 0 Å². The van der Waals surface area contributed by atoms with Gasteiger partial charge in [0.2, 0.25) is 5.88 Å². The fraction of sp³-hybridized carbons (Fsp3) is 0.0556. The lowest BCUT2D eigenvalue weighted by Gasteiger charge is -2.09. The maximum atomic E-state index is 11.6. The van der Waals surface area contributed by atoms with Gasteiger partial charge in [-0.2, -0.15) is 5.10 Å². The molecule has 0 spiro atoms. The smallest absolute Gasteiger partial charge is 0.269 e. The van der Waals surface area contributed by atoms with Crippen molar-refractivity contribution < 1.29 is 9.53 Å². The summed E-state index contributed by atoms with van der Waals surface area (Å²) in [5.41, 5.74) is 8.83. The number of pyridine rings is 2. The molecule has 0 aliphatic heterocycles. The summed E-state index contributed by atoms with van der Waals surface area (Å²) in [6.45, 7) is 0. The molecule has 0 radical (unpaired) electrons. The second kappa shape index (κ2) is 6.25. The number of aromatic nitrogens is 5. The van der Waals surface area contributed by atoms with E-state index in [1.807, 2.05) is 30.3 Å². The van der Waals surface area contributed by atoms with Crippen molar-refractivity contribution in [2.45, 2.75) is 0 Å². The summed E-state index contributed by atoms with van der Waals surface area (Å²) < 4.78 is 6.62. The molecule has 0 saturated heterocycles. The number of fused-ring (bicyclic) bond motifs is 1. The van der Waals surface area contributed by atoms with Gasteiger partial charge >= 0.3 is 0 Å². The Morgan fingerprint density at radius 2 is 1.96 bits per heavy atom. The third-order valence-electron chi connectivity index (χ3n) is 3.87. The third-order valence-corrected chi connectivity index (χ3v) is 3.87. The van der Waals surface area contributed by atoms with Crippen LogP contribution >= 0.6 is 0 Å². The Balaban J connectivity index is 1.90. The molecule has 0 bridgehead atoms. The van der Waals surface area contributed by atoms with E-state index in [1.54, 1.807) is 25.4 Å². The first-order valence-electron chi connectivity index (χ1n) is 7.79. The number of ether oxygens (including phenoxy) is 1. The molecule has 2 N–H and O–H groups in total. The molecule has 8 nitrogen and oxygen atoms in total. The number of imidazole rings is 1. The molecule has 0 aliphatic carbocycles. The van der Waals surface area contributed by atoms with Gasteiger partial charge in [0.05, 0.1) is 30.4 Å². The Hall–Kier alpha value is -3.81. The molecule has 0 fully saturated rings. The Morgan fingerprint density at radius 3 is 2.77 bits per heavy atom. The first kappa shape index (κ1) is 15.7. The summed E-state index contributed by atoms with van der Waals surface area (Å²) in [6, 6.07) is 12.7. The topological polar surface area (TPSA) is 108 Å². The van der Waals surface area contributed by atoms with Crippen molar-refractivity contribution in [1.29, 1.82) is 0 Å². The highest BCUT2D eigenvalue weighted by molar-refractivity contribution is 5.91. The number of carbonyl (C=O) groups is 1. The normalized spacial score (nSPS) is 10.8. The van der Waals surface area contributed by atoms with Crippen molar-refractivity contribution in [3.8, 4) is 28.5 Å². The SMILES string of the molecule is COc1cccc(-c2ncccc2-c2ccc3ncc(C(N)=O)n3n2)n1. The summed E-state index contributed by atoms with van der Waals surface area (Å²) in [4.78, 5) is 24.6. The van der Waals surface area contributed by atoms with Gasteiger partial charge in [0, 0.05) is 17.8 Å². The number of hydrogen-bond donors (Lipinski definition) is 1. The first-order valence-corrected chi connectivity index (χ1v) is 7.79. The number of primary amides is 1. The van der Waals surface area contributed by atoms with E-state index in [9.17, 15) is 4.79 Å². The van der Waals surface area contributed by atoms with Gasteiger partial charge in [0.1, 0.15) is 5.69 Å². The number of carbonyl (C=O) groups excluding carboxylic acids is 1. The molecule has 4 heterocycles. The summed E-state index contributed by atoms with van der Waals surface area (Å²) in [5.74, 6) is -0.101. The number of nitrogens with two attached hydrogens (primary N) is 1.